The van der Waals surface area contributed by atoms with Gasteiger partial charge in [-0.25, -0.2) is 0 Å². The summed E-state index contributed by atoms with van der Waals surface area (Å²) >= 11 is 0. The molecule has 0 bridgehead atoms. The molecule has 8 unspecified atom stereocenters. The molecule has 1 saturated heterocycles. The minimum absolute atomic E-state index is 0. The van der Waals surface area contributed by atoms with Crippen molar-refractivity contribution >= 4 is 7.82 Å². The fourth-order valence-electron chi connectivity index (χ4n) is 7.67. The Morgan fingerprint density at radius 3 is 1.17 bits per heavy atom. The van der Waals surface area contributed by atoms with Crippen LogP contribution in [0, 0.1) is 63.1 Å². The molecule has 1 heterocycles. The van der Waals surface area contributed by atoms with Crippen LogP contribution in [0.3, 0.4) is 0 Å². The SMILES string of the molecule is CC1C2CC(C(C)(C)C)CC(C(C)(C)C)C2OP(=O)([O-])OC2C1CC(C(C)(C)C)CC2C(C)(C)C.[Na+]. The summed E-state index contributed by atoms with van der Waals surface area (Å²) in [4.78, 5) is 13.5. The van der Waals surface area contributed by atoms with Gasteiger partial charge in [0.2, 0.25) is 0 Å². The molecule has 0 aromatic heterocycles. The molecule has 3 fully saturated rings. The van der Waals surface area contributed by atoms with Crippen LogP contribution in [0.2, 0.25) is 0 Å². The van der Waals surface area contributed by atoms with Crippen molar-refractivity contribution in [2.24, 2.45) is 63.1 Å². The van der Waals surface area contributed by atoms with Crippen LogP contribution in [0.1, 0.15) is 116 Å². The van der Waals surface area contributed by atoms with Gasteiger partial charge in [-0.15, -0.1) is 0 Å². The van der Waals surface area contributed by atoms with E-state index in [4.69, 9.17) is 9.05 Å². The van der Waals surface area contributed by atoms with E-state index in [1.165, 1.54) is 0 Å². The maximum atomic E-state index is 13.5. The van der Waals surface area contributed by atoms with Gasteiger partial charge in [-0.2, -0.15) is 0 Å². The van der Waals surface area contributed by atoms with E-state index in [-0.39, 0.29) is 87.1 Å². The second-order valence-corrected chi connectivity index (χ2v) is 18.1. The molecule has 0 aromatic rings. The van der Waals surface area contributed by atoms with Crippen molar-refractivity contribution in [3.63, 3.8) is 0 Å². The van der Waals surface area contributed by atoms with Gasteiger partial charge in [0, 0.05) is 0 Å². The monoisotopic (exact) mass is 534 g/mol. The molecule has 36 heavy (non-hydrogen) atoms. The molecule has 8 atom stereocenters. The van der Waals surface area contributed by atoms with Gasteiger partial charge in [-0.1, -0.05) is 90.0 Å². The van der Waals surface area contributed by atoms with Crippen molar-refractivity contribution < 1.29 is 48.1 Å². The van der Waals surface area contributed by atoms with Crippen molar-refractivity contribution in [1.29, 1.82) is 0 Å². The first kappa shape index (κ1) is 33.3. The van der Waals surface area contributed by atoms with E-state index < -0.39 is 7.82 Å². The van der Waals surface area contributed by atoms with Crippen molar-refractivity contribution in [2.75, 3.05) is 0 Å². The summed E-state index contributed by atoms with van der Waals surface area (Å²) in [6, 6.07) is 0. The molecule has 2 aliphatic carbocycles. The number of hydrogen-bond donors (Lipinski definition) is 0. The van der Waals surface area contributed by atoms with Gasteiger partial charge in [0.25, 0.3) is 7.82 Å². The summed E-state index contributed by atoms with van der Waals surface area (Å²) in [7, 11) is -4.45. The fraction of sp³-hybridized carbons (Fsp3) is 1.00. The molecular formula is C30H56NaO4P. The van der Waals surface area contributed by atoms with Gasteiger partial charge >= 0.3 is 29.6 Å². The van der Waals surface area contributed by atoms with Crippen molar-refractivity contribution in [3.05, 3.63) is 0 Å². The van der Waals surface area contributed by atoms with Gasteiger partial charge in [0.05, 0.1) is 12.2 Å². The molecule has 3 aliphatic rings. The standard InChI is InChI=1S/C30H57O4P.Na/c1-18-21-14-19(27(2,3)4)16-23(29(8,9)10)25(21)33-35(31,32)34-26-22(18)15-20(28(5,6)7)17-24(26)30(11,12)13;/h18-26H,14-17H2,1-13H3,(H,31,32);/q;+1/p-1. The Labute approximate surface area is 245 Å². The summed E-state index contributed by atoms with van der Waals surface area (Å²) < 4.78 is 25.8. The van der Waals surface area contributed by atoms with Gasteiger partial charge in [0.1, 0.15) is 0 Å². The zero-order valence-electron chi connectivity index (χ0n) is 26.1. The first-order chi connectivity index (χ1) is 15.5. The summed E-state index contributed by atoms with van der Waals surface area (Å²) in [5, 5.41) is 0. The second-order valence-electron chi connectivity index (χ2n) is 16.8. The van der Waals surface area contributed by atoms with E-state index in [0.717, 1.165) is 25.7 Å². The molecular weight excluding hydrogens is 478 g/mol. The van der Waals surface area contributed by atoms with E-state index in [1.807, 2.05) is 0 Å². The first-order valence-corrected chi connectivity index (χ1v) is 15.7. The van der Waals surface area contributed by atoms with E-state index in [1.54, 1.807) is 0 Å². The van der Waals surface area contributed by atoms with Crippen molar-refractivity contribution in [3.8, 4) is 0 Å². The average Bonchev–Trinajstić information content (AvgIpc) is 2.62. The Kier molecular flexibility index (Phi) is 10.0. The fourth-order valence-corrected chi connectivity index (χ4v) is 8.93. The Morgan fingerprint density at radius 1 is 0.611 bits per heavy atom. The summed E-state index contributed by atoms with van der Waals surface area (Å²) in [5.41, 5.74) is 0.281. The van der Waals surface area contributed by atoms with Crippen LogP contribution in [0.4, 0.5) is 0 Å². The second kappa shape index (κ2) is 10.8. The predicted molar refractivity (Wildman–Crippen MR) is 144 cm³/mol. The average molecular weight is 535 g/mol. The zero-order chi connectivity index (χ0) is 26.9. The smallest absolute Gasteiger partial charge is 0.756 e. The first-order valence-electron chi connectivity index (χ1n) is 14.2. The minimum atomic E-state index is -4.45. The number of phosphoric ester groups is 1. The van der Waals surface area contributed by atoms with Gasteiger partial charge < -0.3 is 13.9 Å². The molecule has 2 saturated carbocycles. The maximum absolute atomic E-state index is 13.5. The molecule has 0 radical (unpaired) electrons. The Balaban J connectivity index is 0.00000456. The summed E-state index contributed by atoms with van der Waals surface area (Å²) in [5.74, 6) is 2.22. The predicted octanol–water partition coefficient (Wildman–Crippen LogP) is 5.35. The van der Waals surface area contributed by atoms with Gasteiger partial charge in [0.15, 0.2) is 0 Å². The minimum Gasteiger partial charge on any atom is -0.756 e. The molecule has 0 N–H and O–H groups in total. The molecule has 0 aromatic carbocycles. The van der Waals surface area contributed by atoms with Crippen LogP contribution in [0.25, 0.3) is 0 Å². The number of phosphoric acid groups is 1. The summed E-state index contributed by atoms with van der Waals surface area (Å²) in [6.45, 7) is 30.0. The van der Waals surface area contributed by atoms with Crippen LogP contribution < -0.4 is 34.5 Å². The Bertz CT molecular complexity index is 738. The molecule has 4 nitrogen and oxygen atoms in total. The molecule has 0 spiro atoms. The van der Waals surface area contributed by atoms with Crippen LogP contribution in [-0.2, 0) is 13.6 Å². The van der Waals surface area contributed by atoms with E-state index in [0.29, 0.717) is 17.8 Å². The van der Waals surface area contributed by atoms with Gasteiger partial charge in [-0.3, -0.25) is 4.57 Å². The van der Waals surface area contributed by atoms with Crippen molar-refractivity contribution in [2.45, 2.75) is 128 Å². The molecule has 3 rings (SSSR count). The van der Waals surface area contributed by atoms with Crippen molar-refractivity contribution in [1.82, 2.24) is 0 Å². The van der Waals surface area contributed by atoms with E-state index >= 15 is 0 Å². The van der Waals surface area contributed by atoms with Gasteiger partial charge in [-0.05, 0) is 88.8 Å². The molecule has 6 heteroatoms. The normalized spacial score (nSPS) is 42.9. The van der Waals surface area contributed by atoms with Crippen LogP contribution >= 0.6 is 7.82 Å². The third kappa shape index (κ3) is 7.24. The van der Waals surface area contributed by atoms with Crippen LogP contribution in [0.15, 0.2) is 0 Å². The third-order valence-corrected chi connectivity index (χ3v) is 11.4. The number of fused-ring (bicyclic) bond motifs is 2. The number of rotatable bonds is 0. The van der Waals surface area contributed by atoms with Crippen LogP contribution in [0.5, 0.6) is 0 Å². The largest absolute Gasteiger partial charge is 1.00 e. The quantitative estimate of drug-likeness (QED) is 0.311. The molecule has 0 amide bonds. The molecule has 206 valence electrons. The van der Waals surface area contributed by atoms with E-state index in [2.05, 4.69) is 90.0 Å². The topological polar surface area (TPSA) is 58.6 Å². The number of hydrogen-bond acceptors (Lipinski definition) is 4. The maximum Gasteiger partial charge on any atom is 1.00 e. The Morgan fingerprint density at radius 2 is 0.917 bits per heavy atom. The zero-order valence-corrected chi connectivity index (χ0v) is 29.0. The Hall–Kier alpha value is 1.11. The summed E-state index contributed by atoms with van der Waals surface area (Å²) in [6.07, 6.45) is 3.46. The third-order valence-electron chi connectivity index (χ3n) is 10.4. The van der Waals surface area contributed by atoms with Crippen LogP contribution in [-0.4, -0.2) is 12.2 Å². The molecule has 1 aliphatic heterocycles. The van der Waals surface area contributed by atoms with E-state index in [9.17, 15) is 9.46 Å².